The molecule has 4 rings (SSSR count). The van der Waals surface area contributed by atoms with E-state index in [2.05, 4.69) is 62.4 Å². The van der Waals surface area contributed by atoms with E-state index in [0.29, 0.717) is 18.4 Å². The van der Waals surface area contributed by atoms with E-state index in [1.807, 2.05) is 36.4 Å². The Kier molecular flexibility index (Phi) is 5.73. The van der Waals surface area contributed by atoms with Crippen molar-refractivity contribution in [2.75, 3.05) is 6.61 Å². The third-order valence-corrected chi connectivity index (χ3v) is 6.65. The van der Waals surface area contributed by atoms with Gasteiger partial charge in [0.15, 0.2) is 8.15 Å². The average molecular weight is 389 g/mol. The molecule has 0 saturated heterocycles. The summed E-state index contributed by atoms with van der Waals surface area (Å²) in [6.07, 6.45) is 0. The number of benzene rings is 3. The molecule has 3 aromatic carbocycles. The number of ether oxygens (including phenoxy) is 1. The van der Waals surface area contributed by atoms with Gasteiger partial charge in [-0.1, -0.05) is 86.6 Å². The molecule has 1 atom stereocenters. The van der Waals surface area contributed by atoms with E-state index in [1.165, 1.54) is 10.6 Å². The van der Waals surface area contributed by atoms with E-state index in [9.17, 15) is 0 Å². The summed E-state index contributed by atoms with van der Waals surface area (Å²) in [5.74, 6) is 1.95. The monoisotopic (exact) mass is 389 g/mol. The highest BCUT2D eigenvalue weighted by Crippen LogP contribution is 2.38. The Bertz CT molecular complexity index is 902. The highest BCUT2D eigenvalue weighted by molar-refractivity contribution is 7.68. The van der Waals surface area contributed by atoms with Crippen molar-refractivity contribution in [3.05, 3.63) is 90.5 Å². The van der Waals surface area contributed by atoms with Gasteiger partial charge in [-0.05, 0) is 18.1 Å². The topological polar surface area (TPSA) is 30.8 Å². The van der Waals surface area contributed by atoms with Crippen LogP contribution in [-0.4, -0.2) is 18.5 Å². The fourth-order valence-electron chi connectivity index (χ4n) is 3.08. The molecule has 4 heteroatoms. The molecule has 0 radical (unpaired) electrons. The Balaban J connectivity index is 1.70. The lowest BCUT2D eigenvalue weighted by Gasteiger charge is -2.21. The lowest BCUT2D eigenvalue weighted by molar-refractivity contribution is 0.291. The molecule has 0 bridgehead atoms. The lowest BCUT2D eigenvalue weighted by atomic mass is 10.1. The zero-order valence-corrected chi connectivity index (χ0v) is 17.1. The highest BCUT2D eigenvalue weighted by atomic mass is 31.1. The van der Waals surface area contributed by atoms with E-state index in [-0.39, 0.29) is 6.04 Å². The first kappa shape index (κ1) is 18.7. The molecule has 3 nitrogen and oxygen atoms in total. The highest BCUT2D eigenvalue weighted by Gasteiger charge is 2.26. The van der Waals surface area contributed by atoms with Crippen molar-refractivity contribution in [2.45, 2.75) is 19.9 Å². The van der Waals surface area contributed by atoms with Crippen molar-refractivity contribution in [1.29, 1.82) is 0 Å². The van der Waals surface area contributed by atoms with Crippen LogP contribution in [0.15, 0.2) is 89.9 Å². The maximum absolute atomic E-state index is 6.63. The second-order valence-electron chi connectivity index (χ2n) is 7.11. The summed E-state index contributed by atoms with van der Waals surface area (Å²) in [5, 5.41) is 2.35. The molecule has 1 aliphatic heterocycles. The molecule has 0 fully saturated rings. The van der Waals surface area contributed by atoms with Gasteiger partial charge in [0.1, 0.15) is 12.4 Å². The summed E-state index contributed by atoms with van der Waals surface area (Å²) in [5.41, 5.74) is 0.921. The molecule has 0 amide bonds. The molecule has 0 aromatic heterocycles. The van der Waals surface area contributed by atoms with E-state index < -0.39 is 8.15 Å². The molecule has 0 aliphatic carbocycles. The number of rotatable bonds is 6. The number of hydrogen-bond donors (Lipinski definition) is 0. The van der Waals surface area contributed by atoms with Gasteiger partial charge >= 0.3 is 0 Å². The number of para-hydroxylation sites is 1. The second-order valence-corrected chi connectivity index (χ2v) is 8.91. The maximum atomic E-state index is 6.63. The SMILES string of the molecule is CC(C)C1COC(c2ccccc2OP(c2ccccc2)c2ccccc2)=N1. The fourth-order valence-corrected chi connectivity index (χ4v) is 4.83. The molecule has 1 heterocycles. The second kappa shape index (κ2) is 8.58. The lowest BCUT2D eigenvalue weighted by Crippen LogP contribution is -2.16. The summed E-state index contributed by atoms with van der Waals surface area (Å²) in [6.45, 7) is 4.98. The molecule has 28 heavy (non-hydrogen) atoms. The Morgan fingerprint density at radius 1 is 0.857 bits per heavy atom. The van der Waals surface area contributed by atoms with Gasteiger partial charge in [-0.25, -0.2) is 4.99 Å². The molecule has 1 aliphatic rings. The largest absolute Gasteiger partial charge is 0.475 e. The Hall–Kier alpha value is -2.64. The minimum absolute atomic E-state index is 0.202. The van der Waals surface area contributed by atoms with Crippen LogP contribution in [0.3, 0.4) is 0 Å². The fraction of sp³-hybridized carbons (Fsp3) is 0.208. The van der Waals surface area contributed by atoms with Gasteiger partial charge < -0.3 is 9.26 Å². The Morgan fingerprint density at radius 2 is 1.43 bits per heavy atom. The summed E-state index contributed by atoms with van der Waals surface area (Å²) < 4.78 is 12.6. The van der Waals surface area contributed by atoms with E-state index in [4.69, 9.17) is 14.3 Å². The van der Waals surface area contributed by atoms with Crippen LogP contribution in [-0.2, 0) is 4.74 Å². The molecular weight excluding hydrogens is 365 g/mol. The minimum Gasteiger partial charge on any atom is -0.475 e. The molecular formula is C24H24NO2P. The van der Waals surface area contributed by atoms with Gasteiger partial charge in [0.25, 0.3) is 0 Å². The zero-order chi connectivity index (χ0) is 19.3. The van der Waals surface area contributed by atoms with Crippen LogP contribution in [0.2, 0.25) is 0 Å². The normalized spacial score (nSPS) is 16.1. The van der Waals surface area contributed by atoms with Crippen LogP contribution in [0.1, 0.15) is 19.4 Å². The first-order valence-corrected chi connectivity index (χ1v) is 10.9. The van der Waals surface area contributed by atoms with E-state index in [1.54, 1.807) is 0 Å². The van der Waals surface area contributed by atoms with Crippen LogP contribution < -0.4 is 15.1 Å². The first-order chi connectivity index (χ1) is 13.7. The predicted octanol–water partition coefficient (Wildman–Crippen LogP) is 4.91. The van der Waals surface area contributed by atoms with Crippen molar-refractivity contribution < 1.29 is 9.26 Å². The number of aliphatic imine (C=N–C) groups is 1. The van der Waals surface area contributed by atoms with Gasteiger partial charge in [0.05, 0.1) is 11.6 Å². The summed E-state index contributed by atoms with van der Waals surface area (Å²) >= 11 is 0. The van der Waals surface area contributed by atoms with Crippen LogP contribution >= 0.6 is 8.15 Å². The Morgan fingerprint density at radius 3 is 2.00 bits per heavy atom. The van der Waals surface area contributed by atoms with Crippen LogP contribution in [0.4, 0.5) is 0 Å². The van der Waals surface area contributed by atoms with Crippen molar-refractivity contribution in [2.24, 2.45) is 10.9 Å². The summed E-state index contributed by atoms with van der Waals surface area (Å²) in [7, 11) is -0.992. The molecule has 0 N–H and O–H groups in total. The molecule has 0 saturated carbocycles. The molecule has 0 spiro atoms. The number of nitrogens with zero attached hydrogens (tertiary/aromatic N) is 1. The van der Waals surface area contributed by atoms with Crippen LogP contribution in [0.5, 0.6) is 5.75 Å². The minimum atomic E-state index is -0.992. The molecule has 142 valence electrons. The van der Waals surface area contributed by atoms with Gasteiger partial charge in [0.2, 0.25) is 5.90 Å². The zero-order valence-electron chi connectivity index (χ0n) is 16.2. The quantitative estimate of drug-likeness (QED) is 0.561. The maximum Gasteiger partial charge on any atom is 0.220 e. The van der Waals surface area contributed by atoms with Crippen molar-refractivity contribution >= 4 is 24.7 Å². The van der Waals surface area contributed by atoms with Crippen LogP contribution in [0.25, 0.3) is 0 Å². The molecule has 3 aromatic rings. The smallest absolute Gasteiger partial charge is 0.220 e. The Labute approximate surface area is 167 Å². The van der Waals surface area contributed by atoms with E-state index in [0.717, 1.165) is 11.3 Å². The van der Waals surface area contributed by atoms with Gasteiger partial charge in [-0.15, -0.1) is 0 Å². The predicted molar refractivity (Wildman–Crippen MR) is 117 cm³/mol. The number of hydrogen-bond acceptors (Lipinski definition) is 3. The standard InChI is InChI=1S/C24H24NO2P/c1-18(2)22-17-26-24(25-22)21-15-9-10-16-23(21)27-28(19-11-5-3-6-12-19)20-13-7-4-8-14-20/h3-16,18,22H,17H2,1-2H3. The third-order valence-electron chi connectivity index (χ3n) is 4.73. The van der Waals surface area contributed by atoms with Gasteiger partial charge in [-0.2, -0.15) is 0 Å². The van der Waals surface area contributed by atoms with Crippen LogP contribution in [0, 0.1) is 5.92 Å². The van der Waals surface area contributed by atoms with Gasteiger partial charge in [-0.3, -0.25) is 0 Å². The van der Waals surface area contributed by atoms with Crippen molar-refractivity contribution in [3.8, 4) is 5.75 Å². The molecule has 1 unspecified atom stereocenters. The average Bonchev–Trinajstić information content (AvgIpc) is 3.24. The van der Waals surface area contributed by atoms with E-state index >= 15 is 0 Å². The summed E-state index contributed by atoms with van der Waals surface area (Å²) in [6, 6.07) is 29.0. The third kappa shape index (κ3) is 4.10. The van der Waals surface area contributed by atoms with Crippen molar-refractivity contribution in [1.82, 2.24) is 0 Å². The first-order valence-electron chi connectivity index (χ1n) is 9.60. The van der Waals surface area contributed by atoms with Crippen molar-refractivity contribution in [3.63, 3.8) is 0 Å². The summed E-state index contributed by atoms with van der Waals surface area (Å²) in [4.78, 5) is 4.79. The van der Waals surface area contributed by atoms with Gasteiger partial charge in [0, 0.05) is 10.6 Å².